The van der Waals surface area contributed by atoms with Crippen molar-refractivity contribution < 1.29 is 41.8 Å². The molecule has 4 aromatic rings. The van der Waals surface area contributed by atoms with Crippen LogP contribution in [0.5, 0.6) is 0 Å². The molecule has 1 saturated heterocycles. The van der Waals surface area contributed by atoms with Crippen molar-refractivity contribution in [2.24, 2.45) is 35.3 Å². The van der Waals surface area contributed by atoms with Gasteiger partial charge in [0.05, 0.1) is 0 Å². The van der Waals surface area contributed by atoms with Gasteiger partial charge in [-0.15, -0.1) is 0 Å². The molecule has 0 spiro atoms. The van der Waals surface area contributed by atoms with Crippen LogP contribution in [0.4, 0.5) is 23.2 Å². The Labute approximate surface area is 331 Å². The number of halogens is 4. The van der Waals surface area contributed by atoms with Crippen LogP contribution in [0, 0.1) is 36.5 Å². The maximum absolute atomic E-state index is 14.3. The topological polar surface area (TPSA) is 192 Å². The Balaban J connectivity index is 1.03. The number of rotatable bonds is 15. The molecule has 1 aromatic heterocycles. The molecule has 3 aliphatic rings. The Bertz CT molecular complexity index is 2160. The van der Waals surface area contributed by atoms with Crippen LogP contribution in [0.2, 0.25) is 0 Å². The van der Waals surface area contributed by atoms with Crippen LogP contribution >= 0.6 is 0 Å². The molecule has 0 radical (unpaired) electrons. The third-order valence-corrected chi connectivity index (χ3v) is 11.9. The first-order valence-corrected chi connectivity index (χ1v) is 19.4. The highest BCUT2D eigenvalue weighted by Crippen LogP contribution is 2.43. The summed E-state index contributed by atoms with van der Waals surface area (Å²) in [5, 5.41) is 23.2. The molecule has 58 heavy (non-hydrogen) atoms. The van der Waals surface area contributed by atoms with Crippen molar-refractivity contribution in [3.05, 3.63) is 89.2 Å². The van der Waals surface area contributed by atoms with Gasteiger partial charge >= 0.3 is 17.8 Å². The molecular formula is C42H45F4N7O5. The molecule has 7 rings (SSSR count). The van der Waals surface area contributed by atoms with Crippen LogP contribution in [-0.4, -0.2) is 75.5 Å². The summed E-state index contributed by atoms with van der Waals surface area (Å²) in [5.74, 6) is -15.6. The van der Waals surface area contributed by atoms with Crippen LogP contribution in [0.3, 0.4) is 0 Å². The summed E-state index contributed by atoms with van der Waals surface area (Å²) >= 11 is 0. The molecule has 3 fully saturated rings. The van der Waals surface area contributed by atoms with Crippen molar-refractivity contribution in [3.8, 4) is 22.5 Å². The Morgan fingerprint density at radius 2 is 1.57 bits per heavy atom. The van der Waals surface area contributed by atoms with E-state index in [1.165, 1.54) is 24.3 Å². The number of anilines is 1. The number of nitrogens with zero attached hydrogens (tertiary/aromatic N) is 2. The van der Waals surface area contributed by atoms with E-state index in [4.69, 9.17) is 10.8 Å². The SMILES string of the molecule is Cc1cc(C(=O)NC2C3CNCC32)ccc1-c1ccc(C[C@H](CC(=O)C2CCC(CN)CC2)C(=O)Nc2ccc(-c3n[nH]c(C(F)(F)C(F)(F)C(=O)O)n3)cc2)cc1. The van der Waals surface area contributed by atoms with Crippen LogP contribution in [0.1, 0.15) is 59.4 Å². The highest BCUT2D eigenvalue weighted by Gasteiger charge is 2.65. The molecule has 2 unspecified atom stereocenters. The first-order valence-electron chi connectivity index (χ1n) is 19.4. The van der Waals surface area contributed by atoms with Crippen LogP contribution < -0.4 is 21.7 Å². The number of fused-ring (bicyclic) bond motifs is 1. The number of carbonyl (C=O) groups excluding carboxylic acids is 3. The largest absolute Gasteiger partial charge is 0.477 e. The van der Waals surface area contributed by atoms with E-state index in [1.807, 2.05) is 49.4 Å². The van der Waals surface area contributed by atoms with E-state index < -0.39 is 41.3 Å². The summed E-state index contributed by atoms with van der Waals surface area (Å²) in [6, 6.07) is 19.3. The number of hydrogen-bond donors (Lipinski definition) is 6. The van der Waals surface area contributed by atoms with Gasteiger partial charge in [0.25, 0.3) is 5.91 Å². The van der Waals surface area contributed by atoms with Crippen molar-refractivity contribution >= 4 is 29.3 Å². The summed E-state index contributed by atoms with van der Waals surface area (Å²) in [5.41, 5.74) is 10.6. The van der Waals surface area contributed by atoms with Gasteiger partial charge in [-0.25, -0.2) is 9.78 Å². The number of hydrogen-bond acceptors (Lipinski definition) is 8. The van der Waals surface area contributed by atoms with Gasteiger partial charge in [0, 0.05) is 54.2 Å². The molecule has 7 N–H and O–H groups in total. The second-order valence-electron chi connectivity index (χ2n) is 15.8. The molecule has 12 nitrogen and oxygen atoms in total. The second-order valence-corrected chi connectivity index (χ2v) is 15.8. The van der Waals surface area contributed by atoms with Gasteiger partial charge in [0.2, 0.25) is 11.7 Å². The Morgan fingerprint density at radius 1 is 0.914 bits per heavy atom. The predicted octanol–water partition coefficient (Wildman–Crippen LogP) is 5.73. The molecule has 3 aromatic carbocycles. The Hall–Kier alpha value is -5.48. The number of carbonyl (C=O) groups is 4. The number of aryl methyl sites for hydroxylation is 1. The normalized spacial score (nSPS) is 22.1. The van der Waals surface area contributed by atoms with Crippen molar-refractivity contribution in [2.45, 2.75) is 63.3 Å². The predicted molar refractivity (Wildman–Crippen MR) is 206 cm³/mol. The number of benzene rings is 3. The number of nitrogens with two attached hydrogens (primary N) is 1. The van der Waals surface area contributed by atoms with Gasteiger partial charge in [0.1, 0.15) is 5.78 Å². The van der Waals surface area contributed by atoms with Crippen LogP contribution in [0.15, 0.2) is 66.7 Å². The molecule has 3 atom stereocenters. The molecule has 0 bridgehead atoms. The van der Waals surface area contributed by atoms with Crippen LogP contribution in [-0.2, 0) is 26.7 Å². The second kappa shape index (κ2) is 16.4. The number of H-pyrrole nitrogens is 1. The van der Waals surface area contributed by atoms with Crippen molar-refractivity contribution in [1.82, 2.24) is 25.8 Å². The van der Waals surface area contributed by atoms with Gasteiger partial charge in [-0.05, 0) is 122 Å². The van der Waals surface area contributed by atoms with Crippen LogP contribution in [0.25, 0.3) is 22.5 Å². The molecule has 2 amide bonds. The summed E-state index contributed by atoms with van der Waals surface area (Å²) in [4.78, 5) is 54.5. The average molecular weight is 804 g/mol. The standard InChI is InChI=1S/C42H45F4N7O5/c1-22-16-28(37(55)50-35-32-20-48-21-33(32)35)12-15-31(22)25-6-2-23(3-7-25)17-29(18-34(54)26-8-4-24(19-47)5-9-26)38(56)49-30-13-10-27(11-14-30)36-51-39(53-52-36)41(43,44)42(45,46)40(57)58/h2-3,6-7,10-16,24,26,29,32-33,35,48H,4-5,8-9,17-21,47H2,1H3,(H,49,56)(H,50,55)(H,57,58)(H,51,52,53)/t24?,26?,29-,32?,33?,35?/m1/s1. The fourth-order valence-electron chi connectivity index (χ4n) is 8.25. The number of nitrogens with one attached hydrogen (secondary N) is 4. The van der Waals surface area contributed by atoms with E-state index in [0.717, 1.165) is 48.2 Å². The number of aromatic nitrogens is 3. The lowest BCUT2D eigenvalue weighted by Gasteiger charge is -2.27. The molecule has 2 aliphatic carbocycles. The third kappa shape index (κ3) is 8.39. The molecule has 16 heteroatoms. The number of aromatic amines is 1. The van der Waals surface area contributed by atoms with Gasteiger partial charge in [-0.3, -0.25) is 19.5 Å². The fourth-order valence-corrected chi connectivity index (χ4v) is 8.25. The van der Waals surface area contributed by atoms with E-state index in [2.05, 4.69) is 26.0 Å². The number of alkyl halides is 4. The maximum Gasteiger partial charge on any atom is 0.411 e. The maximum atomic E-state index is 14.3. The van der Waals surface area contributed by atoms with Gasteiger partial charge in [-0.2, -0.15) is 22.7 Å². The number of amides is 2. The minimum absolute atomic E-state index is 0.00888. The van der Waals surface area contributed by atoms with Crippen molar-refractivity contribution in [2.75, 3.05) is 25.0 Å². The highest BCUT2D eigenvalue weighted by molar-refractivity contribution is 5.97. The van der Waals surface area contributed by atoms with Crippen molar-refractivity contribution in [3.63, 3.8) is 0 Å². The van der Waals surface area contributed by atoms with E-state index >= 15 is 0 Å². The van der Waals surface area contributed by atoms with E-state index in [1.54, 1.807) is 5.10 Å². The molecule has 1 aliphatic heterocycles. The first kappa shape index (κ1) is 40.7. The van der Waals surface area contributed by atoms with Gasteiger partial charge < -0.3 is 26.8 Å². The number of piperidine rings is 1. The quantitative estimate of drug-likeness (QED) is 0.0815. The van der Waals surface area contributed by atoms with Crippen molar-refractivity contribution in [1.29, 1.82) is 0 Å². The minimum atomic E-state index is -5.43. The lowest BCUT2D eigenvalue weighted by atomic mass is 9.77. The summed E-state index contributed by atoms with van der Waals surface area (Å²) in [7, 11) is 0. The fraction of sp³-hybridized carbons (Fsp3) is 0.429. The average Bonchev–Trinajstić information content (AvgIpc) is 3.56. The third-order valence-electron chi connectivity index (χ3n) is 11.9. The molecule has 306 valence electrons. The zero-order chi connectivity index (χ0) is 41.4. The number of carboxylic acid groups (broad SMARTS) is 1. The van der Waals surface area contributed by atoms with E-state index in [0.29, 0.717) is 48.4 Å². The van der Waals surface area contributed by atoms with Gasteiger partial charge in [-0.1, -0.05) is 30.3 Å². The molecule has 2 heterocycles. The minimum Gasteiger partial charge on any atom is -0.477 e. The number of carboxylic acids is 1. The molecule has 2 saturated carbocycles. The summed E-state index contributed by atoms with van der Waals surface area (Å²) in [6.45, 7) is 4.41. The first-order chi connectivity index (χ1) is 27.7. The highest BCUT2D eigenvalue weighted by atomic mass is 19.3. The summed E-state index contributed by atoms with van der Waals surface area (Å²) in [6.07, 6.45) is 3.42. The summed E-state index contributed by atoms with van der Waals surface area (Å²) < 4.78 is 55.9. The van der Waals surface area contributed by atoms with E-state index in [-0.39, 0.29) is 42.1 Å². The molecular weight excluding hydrogens is 758 g/mol. The Kier molecular flexibility index (Phi) is 11.5. The zero-order valence-electron chi connectivity index (χ0n) is 31.7. The monoisotopic (exact) mass is 803 g/mol. The number of aliphatic carboxylic acids is 1. The lowest BCUT2D eigenvalue weighted by Crippen LogP contribution is -2.45. The smallest absolute Gasteiger partial charge is 0.411 e. The number of ketones is 1. The number of Topliss-reactive ketones (excluding diaryl/α,β-unsaturated/α-hetero) is 1. The zero-order valence-corrected chi connectivity index (χ0v) is 31.7. The Morgan fingerprint density at radius 3 is 2.19 bits per heavy atom. The lowest BCUT2D eigenvalue weighted by molar-refractivity contribution is -0.231. The van der Waals surface area contributed by atoms with Gasteiger partial charge in [0.15, 0.2) is 5.82 Å². The van der Waals surface area contributed by atoms with E-state index in [9.17, 15) is 36.7 Å².